The van der Waals surface area contributed by atoms with E-state index in [2.05, 4.69) is 15.0 Å². The van der Waals surface area contributed by atoms with Crippen LogP contribution in [0.25, 0.3) is 11.2 Å². The molecule has 8 heteroatoms. The van der Waals surface area contributed by atoms with Gasteiger partial charge in [0.15, 0.2) is 10.8 Å². The Hall–Kier alpha value is -1.89. The molecular weight excluding hydrogens is 330 g/mol. The van der Waals surface area contributed by atoms with Crippen LogP contribution in [0, 0.1) is 6.92 Å². The summed E-state index contributed by atoms with van der Waals surface area (Å²) in [4.78, 5) is 27.0. The number of nitrogens with zero attached hydrogens (tertiary/aromatic N) is 5. The van der Waals surface area contributed by atoms with Gasteiger partial charge in [0.25, 0.3) is 0 Å². The number of aryl methyl sites for hydroxylation is 1. The molecule has 1 saturated heterocycles. The number of imidazole rings is 1. The first-order valence-electron chi connectivity index (χ1n) is 8.09. The van der Waals surface area contributed by atoms with E-state index in [0.717, 1.165) is 12.8 Å². The zero-order valence-corrected chi connectivity index (χ0v) is 15.2. The van der Waals surface area contributed by atoms with E-state index in [1.165, 1.54) is 0 Å². The van der Waals surface area contributed by atoms with Crippen LogP contribution in [0.5, 0.6) is 0 Å². The lowest BCUT2D eigenvalue weighted by atomic mass is 10.1. The second kappa shape index (κ2) is 6.20. The molecule has 0 radical (unpaired) electrons. The van der Waals surface area contributed by atoms with Crippen molar-refractivity contribution in [1.82, 2.24) is 24.4 Å². The smallest absolute Gasteiger partial charge is 0.410 e. The molecule has 130 valence electrons. The molecule has 1 aliphatic heterocycles. The summed E-state index contributed by atoms with van der Waals surface area (Å²) in [7, 11) is 0. The van der Waals surface area contributed by atoms with Crippen LogP contribution in [-0.4, -0.2) is 49.2 Å². The van der Waals surface area contributed by atoms with Gasteiger partial charge in [-0.2, -0.15) is 0 Å². The van der Waals surface area contributed by atoms with Crippen molar-refractivity contribution in [3.63, 3.8) is 0 Å². The van der Waals surface area contributed by atoms with Gasteiger partial charge >= 0.3 is 6.09 Å². The number of carbonyl (C=O) groups excluding carboxylic acids is 1. The second-order valence-electron chi connectivity index (χ2n) is 7.11. The standard InChI is InChI=1S/C16H22ClN5O2/c1-10-19-13(17)12-14(20-10)22(9-18-12)11-6-5-7-21(8-11)15(23)24-16(2,3)4/h9,11H,5-8H2,1-4H3. The Balaban J connectivity index is 1.84. The highest BCUT2D eigenvalue weighted by atomic mass is 35.5. The van der Waals surface area contributed by atoms with Crippen molar-refractivity contribution in [2.75, 3.05) is 13.1 Å². The van der Waals surface area contributed by atoms with Gasteiger partial charge in [-0.05, 0) is 40.5 Å². The molecule has 24 heavy (non-hydrogen) atoms. The highest BCUT2D eigenvalue weighted by Gasteiger charge is 2.29. The molecule has 0 bridgehead atoms. The highest BCUT2D eigenvalue weighted by molar-refractivity contribution is 6.33. The third kappa shape index (κ3) is 3.45. The minimum Gasteiger partial charge on any atom is -0.444 e. The molecule has 2 aromatic heterocycles. The largest absolute Gasteiger partial charge is 0.444 e. The quantitative estimate of drug-likeness (QED) is 0.736. The number of halogens is 1. The number of carbonyl (C=O) groups is 1. The Labute approximate surface area is 146 Å². The number of rotatable bonds is 1. The van der Waals surface area contributed by atoms with E-state index in [0.29, 0.717) is 35.2 Å². The van der Waals surface area contributed by atoms with Crippen molar-refractivity contribution in [3.05, 3.63) is 17.3 Å². The molecule has 0 aliphatic carbocycles. The van der Waals surface area contributed by atoms with Gasteiger partial charge in [0.2, 0.25) is 0 Å². The molecule has 1 atom stereocenters. The Kier molecular flexibility index (Phi) is 4.38. The summed E-state index contributed by atoms with van der Waals surface area (Å²) in [6, 6.07) is 0.0987. The van der Waals surface area contributed by atoms with Gasteiger partial charge in [0.1, 0.15) is 16.9 Å². The number of hydrogen-bond donors (Lipinski definition) is 0. The summed E-state index contributed by atoms with van der Waals surface area (Å²) in [6.45, 7) is 8.69. The monoisotopic (exact) mass is 351 g/mol. The number of aromatic nitrogens is 4. The number of piperidine rings is 1. The molecule has 2 aromatic rings. The first kappa shape index (κ1) is 17.0. The fourth-order valence-electron chi connectivity index (χ4n) is 2.93. The van der Waals surface area contributed by atoms with Crippen LogP contribution in [0.2, 0.25) is 5.15 Å². The number of ether oxygens (including phenoxy) is 1. The van der Waals surface area contributed by atoms with E-state index in [1.54, 1.807) is 18.2 Å². The maximum absolute atomic E-state index is 12.3. The molecule has 3 rings (SSSR count). The molecule has 3 heterocycles. The molecule has 0 N–H and O–H groups in total. The minimum absolute atomic E-state index is 0.0987. The molecule has 7 nitrogen and oxygen atoms in total. The topological polar surface area (TPSA) is 73.1 Å². The summed E-state index contributed by atoms with van der Waals surface area (Å²) in [5.41, 5.74) is 0.809. The van der Waals surface area contributed by atoms with Gasteiger partial charge in [0.05, 0.1) is 12.4 Å². The first-order chi connectivity index (χ1) is 11.2. The fraction of sp³-hybridized carbons (Fsp3) is 0.625. The van der Waals surface area contributed by atoms with Gasteiger partial charge < -0.3 is 14.2 Å². The summed E-state index contributed by atoms with van der Waals surface area (Å²) < 4.78 is 7.48. The van der Waals surface area contributed by atoms with Crippen LogP contribution in [0.1, 0.15) is 45.5 Å². The lowest BCUT2D eigenvalue weighted by molar-refractivity contribution is 0.0174. The van der Waals surface area contributed by atoms with Crippen LogP contribution < -0.4 is 0 Å². The van der Waals surface area contributed by atoms with Gasteiger partial charge in [-0.15, -0.1) is 0 Å². The first-order valence-corrected chi connectivity index (χ1v) is 8.47. The number of hydrogen-bond acceptors (Lipinski definition) is 5. The fourth-order valence-corrected chi connectivity index (χ4v) is 3.18. The van der Waals surface area contributed by atoms with E-state index in [4.69, 9.17) is 16.3 Å². The van der Waals surface area contributed by atoms with Gasteiger partial charge in [0, 0.05) is 13.1 Å². The highest BCUT2D eigenvalue weighted by Crippen LogP contribution is 2.27. The lowest BCUT2D eigenvalue weighted by Gasteiger charge is -2.34. The number of likely N-dealkylation sites (tertiary alicyclic amines) is 1. The zero-order chi connectivity index (χ0) is 17.5. The SMILES string of the molecule is Cc1nc(Cl)c2ncn(C3CCCN(C(=O)OC(C)(C)C)C3)c2n1. The van der Waals surface area contributed by atoms with Crippen molar-refractivity contribution in [1.29, 1.82) is 0 Å². The maximum atomic E-state index is 12.3. The van der Waals surface area contributed by atoms with Crippen LogP contribution in [0.3, 0.4) is 0 Å². The number of fused-ring (bicyclic) bond motifs is 1. The van der Waals surface area contributed by atoms with Crippen LogP contribution in [0.15, 0.2) is 6.33 Å². The molecule has 1 unspecified atom stereocenters. The van der Waals surface area contributed by atoms with Gasteiger partial charge in [-0.1, -0.05) is 11.6 Å². The summed E-state index contributed by atoms with van der Waals surface area (Å²) in [5, 5.41) is 0.357. The Morgan fingerprint density at radius 2 is 2.12 bits per heavy atom. The number of amides is 1. The lowest BCUT2D eigenvalue weighted by Crippen LogP contribution is -2.43. The van der Waals surface area contributed by atoms with Crippen molar-refractivity contribution in [2.45, 2.75) is 52.2 Å². The van der Waals surface area contributed by atoms with Gasteiger partial charge in [-0.3, -0.25) is 0 Å². The van der Waals surface area contributed by atoms with Crippen molar-refractivity contribution >= 4 is 28.9 Å². The molecule has 1 fully saturated rings. The Bertz CT molecular complexity index is 768. The minimum atomic E-state index is -0.496. The van der Waals surface area contributed by atoms with Crippen molar-refractivity contribution in [2.24, 2.45) is 0 Å². The summed E-state index contributed by atoms with van der Waals surface area (Å²) in [6.07, 6.45) is 3.31. The molecule has 1 aliphatic rings. The van der Waals surface area contributed by atoms with Crippen LogP contribution in [0.4, 0.5) is 4.79 Å². The zero-order valence-electron chi connectivity index (χ0n) is 14.4. The predicted molar refractivity (Wildman–Crippen MR) is 91.1 cm³/mol. The third-order valence-electron chi connectivity index (χ3n) is 3.93. The molecular formula is C16H22ClN5O2. The Morgan fingerprint density at radius 3 is 2.83 bits per heavy atom. The molecule has 0 aromatic carbocycles. The summed E-state index contributed by atoms with van der Waals surface area (Å²) >= 11 is 6.15. The molecule has 0 spiro atoms. The van der Waals surface area contributed by atoms with Crippen molar-refractivity contribution in [3.8, 4) is 0 Å². The molecule has 1 amide bonds. The Morgan fingerprint density at radius 1 is 1.38 bits per heavy atom. The normalized spacial score (nSPS) is 18.9. The third-order valence-corrected chi connectivity index (χ3v) is 4.20. The maximum Gasteiger partial charge on any atom is 0.410 e. The average Bonchev–Trinajstić information content (AvgIpc) is 2.89. The van der Waals surface area contributed by atoms with E-state index in [9.17, 15) is 4.79 Å². The second-order valence-corrected chi connectivity index (χ2v) is 7.47. The van der Waals surface area contributed by atoms with Gasteiger partial charge in [-0.25, -0.2) is 19.7 Å². The van der Waals surface area contributed by atoms with E-state index >= 15 is 0 Å². The average molecular weight is 352 g/mol. The predicted octanol–water partition coefficient (Wildman–Crippen LogP) is 3.36. The van der Waals surface area contributed by atoms with E-state index < -0.39 is 5.60 Å². The summed E-state index contributed by atoms with van der Waals surface area (Å²) in [5.74, 6) is 0.606. The van der Waals surface area contributed by atoms with E-state index in [1.807, 2.05) is 25.3 Å². The van der Waals surface area contributed by atoms with E-state index in [-0.39, 0.29) is 12.1 Å². The van der Waals surface area contributed by atoms with Crippen molar-refractivity contribution < 1.29 is 9.53 Å². The van der Waals surface area contributed by atoms with Crippen LogP contribution >= 0.6 is 11.6 Å². The van der Waals surface area contributed by atoms with Crippen LogP contribution in [-0.2, 0) is 4.74 Å². The molecule has 0 saturated carbocycles.